The van der Waals surface area contributed by atoms with E-state index in [1.54, 1.807) is 0 Å². The Labute approximate surface area is 192 Å². The first-order chi connectivity index (χ1) is 15.3. The van der Waals surface area contributed by atoms with Gasteiger partial charge in [0.05, 0.1) is 5.56 Å². The Kier molecular flexibility index (Phi) is 17.8. The van der Waals surface area contributed by atoms with Gasteiger partial charge >= 0.3 is 11.9 Å². The van der Waals surface area contributed by atoms with Gasteiger partial charge in [-0.3, -0.25) is 4.79 Å². The zero-order valence-electron chi connectivity index (χ0n) is 19.5. The Balaban J connectivity index is 0.000000677. The summed E-state index contributed by atoms with van der Waals surface area (Å²) in [6.07, 6.45) is 20.2. The van der Waals surface area contributed by atoms with Gasteiger partial charge in [-0.2, -0.15) is 0 Å². The number of aliphatic carboxylic acids is 1. The van der Waals surface area contributed by atoms with E-state index >= 15 is 0 Å². The number of carboxylic acids is 2. The molecule has 0 aliphatic rings. The largest absolute Gasteiger partial charge is 0.504 e. The fraction of sp³-hybridized carbons (Fsp3) is 0.680. The summed E-state index contributed by atoms with van der Waals surface area (Å²) in [7, 11) is 0. The van der Waals surface area contributed by atoms with Crippen molar-refractivity contribution < 1.29 is 35.1 Å². The highest BCUT2D eigenvalue weighted by Gasteiger charge is 2.11. The summed E-state index contributed by atoms with van der Waals surface area (Å²) in [5.41, 5.74) is -0.289. The molecule has 1 aromatic carbocycles. The zero-order valence-corrected chi connectivity index (χ0v) is 19.5. The molecule has 5 N–H and O–H groups in total. The molecule has 0 radical (unpaired) electrons. The smallest absolute Gasteiger partial charge is 0.335 e. The second-order valence-corrected chi connectivity index (χ2v) is 8.26. The average molecular weight is 455 g/mol. The number of aromatic hydroxyl groups is 3. The van der Waals surface area contributed by atoms with Crippen LogP contribution in [0.15, 0.2) is 12.1 Å². The van der Waals surface area contributed by atoms with E-state index in [0.29, 0.717) is 6.42 Å². The third kappa shape index (κ3) is 16.3. The van der Waals surface area contributed by atoms with E-state index in [0.717, 1.165) is 25.0 Å². The lowest BCUT2D eigenvalue weighted by Crippen LogP contribution is -1.95. The van der Waals surface area contributed by atoms with E-state index in [-0.39, 0.29) is 5.56 Å². The Morgan fingerprint density at radius 1 is 0.625 bits per heavy atom. The summed E-state index contributed by atoms with van der Waals surface area (Å²) in [6, 6.07) is 1.69. The van der Waals surface area contributed by atoms with Crippen molar-refractivity contribution in [2.24, 2.45) is 0 Å². The zero-order chi connectivity index (χ0) is 24.2. The molecule has 0 fully saturated rings. The van der Waals surface area contributed by atoms with Crippen LogP contribution in [0.3, 0.4) is 0 Å². The van der Waals surface area contributed by atoms with E-state index in [1.165, 1.54) is 83.5 Å². The summed E-state index contributed by atoms with van der Waals surface area (Å²) in [6.45, 7) is 2.27. The molecule has 1 aromatic rings. The van der Waals surface area contributed by atoms with Gasteiger partial charge in [0.1, 0.15) is 0 Å². The second kappa shape index (κ2) is 19.3. The van der Waals surface area contributed by atoms with Gasteiger partial charge in [-0.05, 0) is 18.6 Å². The third-order valence-electron chi connectivity index (χ3n) is 5.31. The van der Waals surface area contributed by atoms with Crippen LogP contribution in [0.25, 0.3) is 0 Å². The summed E-state index contributed by atoms with van der Waals surface area (Å²) in [5.74, 6) is -3.99. The highest BCUT2D eigenvalue weighted by Crippen LogP contribution is 2.35. The van der Waals surface area contributed by atoms with E-state index < -0.39 is 29.2 Å². The number of hydrogen-bond acceptors (Lipinski definition) is 5. The molecule has 0 saturated heterocycles. The number of aromatic carboxylic acids is 1. The van der Waals surface area contributed by atoms with Gasteiger partial charge in [0.15, 0.2) is 17.2 Å². The predicted molar refractivity (Wildman–Crippen MR) is 126 cm³/mol. The predicted octanol–water partition coefficient (Wildman–Crippen LogP) is 6.83. The number of hydrogen-bond donors (Lipinski definition) is 5. The molecule has 0 heterocycles. The first kappa shape index (κ1) is 29.6. The van der Waals surface area contributed by atoms with Crippen LogP contribution in [0, 0.1) is 0 Å². The fourth-order valence-corrected chi connectivity index (χ4v) is 3.38. The van der Waals surface area contributed by atoms with Crippen molar-refractivity contribution in [3.8, 4) is 17.2 Å². The molecular weight excluding hydrogens is 412 g/mol. The standard InChI is InChI=1S/C18H36O2.C7H6O5/c1-2-3-4-5-6-7-8-9-10-11-12-13-14-15-16-17-18(19)20;8-4-1-3(7(11)12)2-5(9)6(4)10/h2-17H2,1H3,(H,19,20);1-2,8-10H,(H,11,12). The number of rotatable bonds is 17. The van der Waals surface area contributed by atoms with Crippen LogP contribution in [0.1, 0.15) is 120 Å². The van der Waals surface area contributed by atoms with Crippen LogP contribution in [-0.4, -0.2) is 37.5 Å². The van der Waals surface area contributed by atoms with Crippen molar-refractivity contribution in [2.75, 3.05) is 0 Å². The van der Waals surface area contributed by atoms with Crippen LogP contribution >= 0.6 is 0 Å². The molecule has 7 heteroatoms. The fourth-order valence-electron chi connectivity index (χ4n) is 3.38. The van der Waals surface area contributed by atoms with Gasteiger partial charge in [-0.25, -0.2) is 4.79 Å². The van der Waals surface area contributed by atoms with E-state index in [1.807, 2.05) is 0 Å². The van der Waals surface area contributed by atoms with Crippen LogP contribution < -0.4 is 0 Å². The van der Waals surface area contributed by atoms with Crippen molar-refractivity contribution in [2.45, 2.75) is 110 Å². The van der Waals surface area contributed by atoms with Gasteiger partial charge in [-0.1, -0.05) is 96.8 Å². The molecule has 0 saturated carbocycles. The monoisotopic (exact) mass is 454 g/mol. The minimum absolute atomic E-state index is 0.289. The van der Waals surface area contributed by atoms with Crippen molar-refractivity contribution in [3.05, 3.63) is 17.7 Å². The maximum Gasteiger partial charge on any atom is 0.335 e. The van der Waals surface area contributed by atoms with Gasteiger partial charge in [0, 0.05) is 6.42 Å². The molecule has 0 bridgehead atoms. The average Bonchev–Trinajstić information content (AvgIpc) is 2.74. The number of carboxylic acid groups (broad SMARTS) is 2. The Morgan fingerprint density at radius 3 is 1.28 bits per heavy atom. The maximum atomic E-state index is 10.3. The van der Waals surface area contributed by atoms with Crippen molar-refractivity contribution in [1.29, 1.82) is 0 Å². The highest BCUT2D eigenvalue weighted by molar-refractivity contribution is 5.89. The van der Waals surface area contributed by atoms with E-state index in [9.17, 15) is 9.59 Å². The topological polar surface area (TPSA) is 135 Å². The number of benzene rings is 1. The first-order valence-electron chi connectivity index (χ1n) is 12.0. The van der Waals surface area contributed by atoms with E-state index in [4.69, 9.17) is 25.5 Å². The molecule has 0 aromatic heterocycles. The minimum Gasteiger partial charge on any atom is -0.504 e. The molecule has 1 rings (SSSR count). The number of phenols is 3. The van der Waals surface area contributed by atoms with Gasteiger partial charge in [0.2, 0.25) is 0 Å². The highest BCUT2D eigenvalue weighted by atomic mass is 16.4. The number of phenolic OH excluding ortho intramolecular Hbond substituents is 3. The van der Waals surface area contributed by atoms with Gasteiger partial charge in [0.25, 0.3) is 0 Å². The molecule has 32 heavy (non-hydrogen) atoms. The van der Waals surface area contributed by atoms with Crippen LogP contribution in [0.5, 0.6) is 17.2 Å². The molecule has 0 aliphatic carbocycles. The SMILES string of the molecule is CCCCCCCCCCCCCCCCCC(=O)O.O=C(O)c1cc(O)c(O)c(O)c1. The molecule has 0 unspecified atom stereocenters. The summed E-state index contributed by atoms with van der Waals surface area (Å²) < 4.78 is 0. The van der Waals surface area contributed by atoms with E-state index in [2.05, 4.69) is 6.92 Å². The lowest BCUT2D eigenvalue weighted by Gasteiger charge is -2.03. The minimum atomic E-state index is -1.29. The van der Waals surface area contributed by atoms with Crippen LogP contribution in [0.2, 0.25) is 0 Å². The molecule has 0 spiro atoms. The van der Waals surface area contributed by atoms with Gasteiger partial charge in [-0.15, -0.1) is 0 Å². The first-order valence-corrected chi connectivity index (χ1v) is 12.0. The maximum absolute atomic E-state index is 10.3. The van der Waals surface area contributed by atoms with Crippen molar-refractivity contribution in [3.63, 3.8) is 0 Å². The Morgan fingerprint density at radius 2 is 0.969 bits per heavy atom. The molecule has 0 atom stereocenters. The molecular formula is C25H42O7. The summed E-state index contributed by atoms with van der Waals surface area (Å²) in [5, 5.41) is 43.5. The normalized spacial score (nSPS) is 10.4. The lowest BCUT2D eigenvalue weighted by molar-refractivity contribution is -0.137. The Bertz CT molecular complexity index is 620. The molecule has 0 aliphatic heterocycles. The summed E-state index contributed by atoms with van der Waals surface area (Å²) in [4.78, 5) is 20.6. The Hall–Kier alpha value is -2.44. The number of carbonyl (C=O) groups is 2. The van der Waals surface area contributed by atoms with Crippen LogP contribution in [0.4, 0.5) is 0 Å². The molecule has 184 valence electrons. The van der Waals surface area contributed by atoms with Crippen molar-refractivity contribution in [1.82, 2.24) is 0 Å². The second-order valence-electron chi connectivity index (χ2n) is 8.26. The van der Waals surface area contributed by atoms with Crippen molar-refractivity contribution >= 4 is 11.9 Å². The third-order valence-corrected chi connectivity index (χ3v) is 5.31. The lowest BCUT2D eigenvalue weighted by atomic mass is 10.0. The molecule has 7 nitrogen and oxygen atoms in total. The molecule has 0 amide bonds. The quantitative estimate of drug-likeness (QED) is 0.128. The van der Waals surface area contributed by atoms with Crippen LogP contribution in [-0.2, 0) is 4.79 Å². The number of unbranched alkanes of at least 4 members (excludes halogenated alkanes) is 14. The van der Waals surface area contributed by atoms with Gasteiger partial charge < -0.3 is 25.5 Å². The summed E-state index contributed by atoms with van der Waals surface area (Å²) >= 11 is 0.